The molecule has 1 aromatic carbocycles. The third-order valence-electron chi connectivity index (χ3n) is 8.25. The minimum Gasteiger partial charge on any atom is -0.507 e. The zero-order valence-corrected chi connectivity index (χ0v) is 24.0. The highest BCUT2D eigenvalue weighted by Gasteiger charge is 2.52. The maximum absolute atomic E-state index is 14.3. The third kappa shape index (κ3) is 5.63. The van der Waals surface area contributed by atoms with E-state index in [-0.39, 0.29) is 65.1 Å². The van der Waals surface area contributed by atoms with Gasteiger partial charge in [0.2, 0.25) is 11.7 Å². The van der Waals surface area contributed by atoms with E-state index in [4.69, 9.17) is 4.74 Å². The number of hydrogen-bond acceptors (Lipinski definition) is 9. The lowest BCUT2D eigenvalue weighted by Gasteiger charge is -2.35. The van der Waals surface area contributed by atoms with Crippen molar-refractivity contribution in [3.8, 4) is 5.75 Å². The molecule has 10 nitrogen and oxygen atoms in total. The SMILES string of the molecule is CC[C@H]1/C=C/[C@H](O)[C@H](CC(C)(C)O)OC(=O)[C@]2(C)CCC(=O)NC3=C2C(=O)c2c(cc(C)c(O)c2C(=O)CC1)C3=O. The number of Topliss-reactive ketones (excluding diaryl/α,β-unsaturated/α-hetero) is 3. The second-order valence-electron chi connectivity index (χ2n) is 12.1. The summed E-state index contributed by atoms with van der Waals surface area (Å²) in [5.74, 6) is -4.29. The van der Waals surface area contributed by atoms with E-state index in [2.05, 4.69) is 5.32 Å². The molecule has 4 rings (SSSR count). The van der Waals surface area contributed by atoms with E-state index in [1.807, 2.05) is 6.92 Å². The van der Waals surface area contributed by atoms with Crippen LogP contribution in [0.25, 0.3) is 0 Å². The highest BCUT2D eigenvalue weighted by atomic mass is 16.6. The van der Waals surface area contributed by atoms with Gasteiger partial charge in [-0.3, -0.25) is 24.0 Å². The van der Waals surface area contributed by atoms with E-state index in [1.54, 1.807) is 6.08 Å². The number of carbonyl (C=O) groups is 5. The molecule has 4 N–H and O–H groups in total. The van der Waals surface area contributed by atoms with Gasteiger partial charge in [0.05, 0.1) is 22.3 Å². The zero-order valence-electron chi connectivity index (χ0n) is 24.0. The molecule has 0 spiro atoms. The molecule has 10 heteroatoms. The van der Waals surface area contributed by atoms with Crippen LogP contribution in [0.5, 0.6) is 5.75 Å². The Balaban J connectivity index is 1.99. The van der Waals surface area contributed by atoms with Crippen molar-refractivity contribution in [2.24, 2.45) is 11.3 Å². The molecule has 1 aromatic rings. The molecule has 1 aliphatic carbocycles. The van der Waals surface area contributed by atoms with Crippen molar-refractivity contribution < 1.29 is 44.0 Å². The number of esters is 1. The zero-order chi connectivity index (χ0) is 30.4. The van der Waals surface area contributed by atoms with Gasteiger partial charge in [-0.05, 0) is 64.5 Å². The number of aliphatic hydroxyl groups is 2. The first-order valence-electron chi connectivity index (χ1n) is 13.9. The Morgan fingerprint density at radius 1 is 1.07 bits per heavy atom. The van der Waals surface area contributed by atoms with E-state index in [1.165, 1.54) is 39.8 Å². The van der Waals surface area contributed by atoms with E-state index in [0.717, 1.165) is 0 Å². The third-order valence-corrected chi connectivity index (χ3v) is 8.25. The van der Waals surface area contributed by atoms with Crippen LogP contribution >= 0.6 is 0 Å². The van der Waals surface area contributed by atoms with Crippen molar-refractivity contribution in [1.82, 2.24) is 5.32 Å². The number of nitrogens with one attached hydrogen (secondary N) is 1. The molecule has 0 fully saturated rings. The molecule has 0 unspecified atom stereocenters. The van der Waals surface area contributed by atoms with Gasteiger partial charge in [-0.2, -0.15) is 0 Å². The number of hydrogen-bond donors (Lipinski definition) is 4. The summed E-state index contributed by atoms with van der Waals surface area (Å²) in [5.41, 5.74) is -4.41. The van der Waals surface area contributed by atoms with Gasteiger partial charge >= 0.3 is 5.97 Å². The van der Waals surface area contributed by atoms with Crippen LogP contribution in [0, 0.1) is 18.3 Å². The summed E-state index contributed by atoms with van der Waals surface area (Å²) in [6.45, 7) is 7.79. The topological polar surface area (TPSA) is 167 Å². The summed E-state index contributed by atoms with van der Waals surface area (Å²) in [5, 5.41) is 35.0. The van der Waals surface area contributed by atoms with E-state index in [0.29, 0.717) is 12.8 Å². The largest absolute Gasteiger partial charge is 0.507 e. The standard InChI is InChI=1S/C31H37NO9/c1-6-16-7-9-18(33)20(14-30(3,4)40)41-29(39)31(5)12-11-21(35)32-25-24(31)28(38)22-17(27(25)37)13-15(2)26(36)23(22)19(34)10-8-16/h7,9,13,16,18,20,33,36,40H,6,8,10-12,14H2,1-5H3,(H,32,35)/b9-7+/t16-,18-,20-,31+/m0/s1. The van der Waals surface area contributed by atoms with Crippen molar-refractivity contribution in [3.05, 3.63) is 51.7 Å². The molecule has 2 bridgehead atoms. The van der Waals surface area contributed by atoms with Gasteiger partial charge in [0.15, 0.2) is 11.6 Å². The normalized spacial score (nSPS) is 28.4. The van der Waals surface area contributed by atoms with Gasteiger partial charge in [-0.25, -0.2) is 0 Å². The number of aliphatic hydroxyl groups excluding tert-OH is 1. The lowest BCUT2D eigenvalue weighted by atomic mass is 9.69. The maximum Gasteiger partial charge on any atom is 0.316 e. The molecule has 3 aliphatic rings. The first-order chi connectivity index (χ1) is 19.1. The molecular weight excluding hydrogens is 530 g/mol. The van der Waals surface area contributed by atoms with Crippen LogP contribution in [0.2, 0.25) is 0 Å². The highest BCUT2D eigenvalue weighted by Crippen LogP contribution is 2.45. The predicted molar refractivity (Wildman–Crippen MR) is 147 cm³/mol. The first-order valence-corrected chi connectivity index (χ1v) is 13.9. The van der Waals surface area contributed by atoms with Gasteiger partial charge in [-0.15, -0.1) is 0 Å². The van der Waals surface area contributed by atoms with Crippen LogP contribution in [-0.4, -0.2) is 62.4 Å². The number of ether oxygens (including phenoxy) is 1. The Bertz CT molecular complexity index is 1400. The van der Waals surface area contributed by atoms with Crippen LogP contribution < -0.4 is 5.32 Å². The van der Waals surface area contributed by atoms with Crippen molar-refractivity contribution >= 4 is 29.2 Å². The average Bonchev–Trinajstić information content (AvgIpc) is 3.03. The van der Waals surface area contributed by atoms with Crippen LogP contribution in [0.15, 0.2) is 29.5 Å². The number of ketones is 3. The number of rotatable bonds is 3. The molecule has 0 aromatic heterocycles. The summed E-state index contributed by atoms with van der Waals surface area (Å²) in [6, 6.07) is 1.31. The minimum absolute atomic E-state index is 0.0632. The number of cyclic esters (lactones) is 1. The second-order valence-corrected chi connectivity index (χ2v) is 12.1. The number of aryl methyl sites for hydroxylation is 1. The molecule has 4 atom stereocenters. The maximum atomic E-state index is 14.3. The smallest absolute Gasteiger partial charge is 0.316 e. The Kier molecular flexibility index (Phi) is 8.12. The van der Waals surface area contributed by atoms with Gasteiger partial charge in [-0.1, -0.05) is 19.1 Å². The van der Waals surface area contributed by atoms with E-state index in [9.17, 15) is 39.3 Å². The monoisotopic (exact) mass is 567 g/mol. The van der Waals surface area contributed by atoms with Crippen molar-refractivity contribution in [3.63, 3.8) is 0 Å². The fraction of sp³-hybridized carbons (Fsp3) is 0.516. The summed E-state index contributed by atoms with van der Waals surface area (Å²) >= 11 is 0. The number of benzene rings is 1. The second kappa shape index (κ2) is 11.0. The van der Waals surface area contributed by atoms with E-state index >= 15 is 0 Å². The number of amides is 1. The molecule has 2 heterocycles. The number of carbonyl (C=O) groups excluding carboxylic acids is 5. The summed E-state index contributed by atoms with van der Waals surface area (Å²) in [7, 11) is 0. The Morgan fingerprint density at radius 2 is 1.76 bits per heavy atom. The molecule has 220 valence electrons. The highest BCUT2D eigenvalue weighted by molar-refractivity contribution is 6.32. The molecule has 0 saturated heterocycles. The Labute approximate surface area is 238 Å². The predicted octanol–water partition coefficient (Wildman–Crippen LogP) is 3.24. The van der Waals surface area contributed by atoms with Crippen LogP contribution in [0.4, 0.5) is 0 Å². The fourth-order valence-corrected chi connectivity index (χ4v) is 5.79. The summed E-state index contributed by atoms with van der Waals surface area (Å²) < 4.78 is 5.80. The van der Waals surface area contributed by atoms with Crippen LogP contribution in [0.1, 0.15) is 103 Å². The number of phenols is 1. The molecule has 1 amide bonds. The average molecular weight is 568 g/mol. The van der Waals surface area contributed by atoms with Crippen molar-refractivity contribution in [2.45, 2.75) is 91.0 Å². The molecule has 2 aliphatic heterocycles. The molecule has 0 radical (unpaired) electrons. The van der Waals surface area contributed by atoms with Gasteiger partial charge in [0.1, 0.15) is 18.0 Å². The number of aromatic hydroxyl groups is 1. The van der Waals surface area contributed by atoms with Crippen molar-refractivity contribution in [1.29, 1.82) is 0 Å². The van der Waals surface area contributed by atoms with Gasteiger partial charge in [0.25, 0.3) is 0 Å². The molecule has 41 heavy (non-hydrogen) atoms. The van der Waals surface area contributed by atoms with Gasteiger partial charge in [0, 0.05) is 36.0 Å². The fourth-order valence-electron chi connectivity index (χ4n) is 5.79. The van der Waals surface area contributed by atoms with Crippen LogP contribution in [-0.2, 0) is 14.3 Å². The summed E-state index contributed by atoms with van der Waals surface area (Å²) in [4.78, 5) is 68.4. The molecular formula is C31H37NO9. The minimum atomic E-state index is -1.84. The number of phenolic OH excluding ortho intramolecular Hbond substituents is 1. The Hall–Kier alpha value is -3.63. The quantitative estimate of drug-likeness (QED) is 0.317. The Morgan fingerprint density at radius 3 is 2.39 bits per heavy atom. The van der Waals surface area contributed by atoms with E-state index < -0.39 is 58.2 Å². The van der Waals surface area contributed by atoms with Crippen molar-refractivity contribution in [2.75, 3.05) is 0 Å². The van der Waals surface area contributed by atoms with Gasteiger partial charge < -0.3 is 25.4 Å². The lowest BCUT2D eigenvalue weighted by molar-refractivity contribution is -0.166. The number of allylic oxidation sites excluding steroid dienone is 2. The molecule has 0 saturated carbocycles. The lowest BCUT2D eigenvalue weighted by Crippen LogP contribution is -2.44. The first kappa shape index (κ1) is 30.3. The van der Waals surface area contributed by atoms with Crippen LogP contribution in [0.3, 0.4) is 0 Å². The summed E-state index contributed by atoms with van der Waals surface area (Å²) in [6.07, 6.45) is 0.922.